The van der Waals surface area contributed by atoms with Gasteiger partial charge in [-0.05, 0) is 18.8 Å². The van der Waals surface area contributed by atoms with Crippen LogP contribution in [0.25, 0.3) is 0 Å². The first-order chi connectivity index (χ1) is 9.60. The SMILES string of the molecule is CC1CCN(C(=O)CC(=O)N2CCN(C=O)CC2)CC1. The zero-order chi connectivity index (χ0) is 14.5. The second-order valence-corrected chi connectivity index (χ2v) is 5.76. The molecule has 0 bridgehead atoms. The average Bonchev–Trinajstić information content (AvgIpc) is 2.48. The molecule has 2 rings (SSSR count). The van der Waals surface area contributed by atoms with Gasteiger partial charge in [0.25, 0.3) is 0 Å². The van der Waals surface area contributed by atoms with Crippen LogP contribution in [0.3, 0.4) is 0 Å². The van der Waals surface area contributed by atoms with E-state index in [0.717, 1.165) is 32.3 Å². The predicted octanol–water partition coefficient (Wildman–Crippen LogP) is -0.0644. The molecule has 2 aliphatic rings. The van der Waals surface area contributed by atoms with Gasteiger partial charge in [0.1, 0.15) is 6.42 Å². The Bertz CT molecular complexity index is 370. The molecular formula is C14H23N3O3. The fourth-order valence-electron chi connectivity index (χ4n) is 2.69. The van der Waals surface area contributed by atoms with Gasteiger partial charge >= 0.3 is 0 Å². The lowest BCUT2D eigenvalue weighted by molar-refractivity contribution is -0.143. The van der Waals surface area contributed by atoms with Gasteiger partial charge in [0.2, 0.25) is 18.2 Å². The summed E-state index contributed by atoms with van der Waals surface area (Å²) < 4.78 is 0. The van der Waals surface area contributed by atoms with E-state index in [0.29, 0.717) is 32.1 Å². The van der Waals surface area contributed by atoms with Crippen molar-refractivity contribution in [2.45, 2.75) is 26.2 Å². The molecule has 0 unspecified atom stereocenters. The molecule has 0 aromatic heterocycles. The minimum atomic E-state index is -0.112. The van der Waals surface area contributed by atoms with Gasteiger partial charge in [0, 0.05) is 39.3 Å². The summed E-state index contributed by atoms with van der Waals surface area (Å²) in [6.45, 7) is 5.91. The van der Waals surface area contributed by atoms with Crippen molar-refractivity contribution < 1.29 is 14.4 Å². The van der Waals surface area contributed by atoms with Crippen molar-refractivity contribution in [3.63, 3.8) is 0 Å². The third kappa shape index (κ3) is 3.71. The van der Waals surface area contributed by atoms with Crippen LogP contribution in [0.4, 0.5) is 0 Å². The van der Waals surface area contributed by atoms with Gasteiger partial charge < -0.3 is 14.7 Å². The second kappa shape index (κ2) is 6.72. The minimum Gasteiger partial charge on any atom is -0.342 e. The van der Waals surface area contributed by atoms with Gasteiger partial charge in [0.15, 0.2) is 0 Å². The fraction of sp³-hybridized carbons (Fsp3) is 0.786. The molecule has 3 amide bonds. The largest absolute Gasteiger partial charge is 0.342 e. The van der Waals surface area contributed by atoms with E-state index in [4.69, 9.17) is 0 Å². The lowest BCUT2D eigenvalue weighted by atomic mass is 9.99. The third-order valence-corrected chi connectivity index (χ3v) is 4.25. The molecule has 0 aliphatic carbocycles. The van der Waals surface area contributed by atoms with Crippen LogP contribution in [0.15, 0.2) is 0 Å². The number of piperidine rings is 1. The third-order valence-electron chi connectivity index (χ3n) is 4.25. The Morgan fingerprint density at radius 1 is 0.950 bits per heavy atom. The molecular weight excluding hydrogens is 258 g/mol. The van der Waals surface area contributed by atoms with Crippen LogP contribution >= 0.6 is 0 Å². The van der Waals surface area contributed by atoms with E-state index in [1.54, 1.807) is 14.7 Å². The maximum atomic E-state index is 12.1. The Hall–Kier alpha value is -1.59. The highest BCUT2D eigenvalue weighted by Gasteiger charge is 2.26. The molecule has 2 saturated heterocycles. The zero-order valence-electron chi connectivity index (χ0n) is 12.1. The molecule has 0 aromatic carbocycles. The van der Waals surface area contributed by atoms with Crippen molar-refractivity contribution >= 4 is 18.2 Å². The number of hydrogen-bond acceptors (Lipinski definition) is 3. The highest BCUT2D eigenvalue weighted by Crippen LogP contribution is 2.17. The Morgan fingerprint density at radius 3 is 1.95 bits per heavy atom. The van der Waals surface area contributed by atoms with Gasteiger partial charge in [-0.3, -0.25) is 14.4 Å². The highest BCUT2D eigenvalue weighted by molar-refractivity contribution is 5.97. The second-order valence-electron chi connectivity index (χ2n) is 5.76. The molecule has 6 nitrogen and oxygen atoms in total. The van der Waals surface area contributed by atoms with Crippen LogP contribution in [-0.2, 0) is 14.4 Å². The summed E-state index contributed by atoms with van der Waals surface area (Å²) in [5.41, 5.74) is 0. The van der Waals surface area contributed by atoms with Crippen molar-refractivity contribution in [2.75, 3.05) is 39.3 Å². The number of carbonyl (C=O) groups is 3. The minimum absolute atomic E-state index is 0.0323. The first-order valence-electron chi connectivity index (χ1n) is 7.35. The summed E-state index contributed by atoms with van der Waals surface area (Å²) in [4.78, 5) is 39.9. The Balaban J connectivity index is 1.76. The van der Waals surface area contributed by atoms with Gasteiger partial charge in [-0.2, -0.15) is 0 Å². The number of hydrogen-bond donors (Lipinski definition) is 0. The Kier molecular flexibility index (Phi) is 4.98. The number of likely N-dealkylation sites (tertiary alicyclic amines) is 1. The maximum Gasteiger partial charge on any atom is 0.232 e. The fourth-order valence-corrected chi connectivity index (χ4v) is 2.69. The standard InChI is InChI=1S/C14H23N3O3/c1-12-2-4-16(5-3-12)13(19)10-14(20)17-8-6-15(11-18)7-9-17/h11-12H,2-10H2,1H3. The Labute approximate surface area is 119 Å². The molecule has 0 N–H and O–H groups in total. The van der Waals surface area contributed by atoms with Crippen LogP contribution < -0.4 is 0 Å². The van der Waals surface area contributed by atoms with Crippen molar-refractivity contribution in [3.8, 4) is 0 Å². The summed E-state index contributed by atoms with van der Waals surface area (Å²) in [6.07, 6.45) is 2.83. The number of rotatable bonds is 3. The summed E-state index contributed by atoms with van der Waals surface area (Å²) in [5, 5.41) is 0. The summed E-state index contributed by atoms with van der Waals surface area (Å²) >= 11 is 0. The number of piperazine rings is 1. The molecule has 0 radical (unpaired) electrons. The molecule has 2 heterocycles. The summed E-state index contributed by atoms with van der Waals surface area (Å²) in [7, 11) is 0. The molecule has 0 atom stereocenters. The van der Waals surface area contributed by atoms with E-state index in [1.807, 2.05) is 0 Å². The van der Waals surface area contributed by atoms with Gasteiger partial charge in [0.05, 0.1) is 0 Å². The monoisotopic (exact) mass is 281 g/mol. The van der Waals surface area contributed by atoms with Crippen molar-refractivity contribution in [2.24, 2.45) is 5.92 Å². The van der Waals surface area contributed by atoms with Crippen molar-refractivity contribution in [1.29, 1.82) is 0 Å². The van der Waals surface area contributed by atoms with Crippen LogP contribution in [0.1, 0.15) is 26.2 Å². The van der Waals surface area contributed by atoms with E-state index in [2.05, 4.69) is 6.92 Å². The molecule has 0 saturated carbocycles. The highest BCUT2D eigenvalue weighted by atomic mass is 16.2. The number of carbonyl (C=O) groups excluding carboxylic acids is 3. The molecule has 0 aromatic rings. The van der Waals surface area contributed by atoms with Gasteiger partial charge in [-0.15, -0.1) is 0 Å². The van der Waals surface area contributed by atoms with E-state index < -0.39 is 0 Å². The van der Waals surface area contributed by atoms with Gasteiger partial charge in [-0.1, -0.05) is 6.92 Å². The number of amides is 3. The summed E-state index contributed by atoms with van der Waals surface area (Å²) in [6, 6.07) is 0. The van der Waals surface area contributed by atoms with Crippen LogP contribution in [0, 0.1) is 5.92 Å². The van der Waals surface area contributed by atoms with E-state index in [-0.39, 0.29) is 18.2 Å². The van der Waals surface area contributed by atoms with Crippen LogP contribution in [0.2, 0.25) is 0 Å². The van der Waals surface area contributed by atoms with E-state index in [1.165, 1.54) is 0 Å². The first-order valence-corrected chi connectivity index (χ1v) is 7.35. The first kappa shape index (κ1) is 14.8. The maximum absolute atomic E-state index is 12.1. The Morgan fingerprint density at radius 2 is 1.45 bits per heavy atom. The van der Waals surface area contributed by atoms with Crippen molar-refractivity contribution in [3.05, 3.63) is 0 Å². The van der Waals surface area contributed by atoms with Crippen LogP contribution in [-0.4, -0.2) is 72.2 Å². The lowest BCUT2D eigenvalue weighted by Gasteiger charge is -2.34. The van der Waals surface area contributed by atoms with E-state index >= 15 is 0 Å². The molecule has 112 valence electrons. The smallest absolute Gasteiger partial charge is 0.232 e. The van der Waals surface area contributed by atoms with E-state index in [9.17, 15) is 14.4 Å². The predicted molar refractivity (Wildman–Crippen MR) is 73.8 cm³/mol. The van der Waals surface area contributed by atoms with Crippen molar-refractivity contribution in [1.82, 2.24) is 14.7 Å². The molecule has 6 heteroatoms. The lowest BCUT2D eigenvalue weighted by Crippen LogP contribution is -2.49. The molecule has 20 heavy (non-hydrogen) atoms. The zero-order valence-corrected chi connectivity index (χ0v) is 12.1. The molecule has 2 fully saturated rings. The quantitative estimate of drug-likeness (QED) is 0.538. The molecule has 2 aliphatic heterocycles. The number of nitrogens with zero attached hydrogens (tertiary/aromatic N) is 3. The summed E-state index contributed by atoms with van der Waals surface area (Å²) in [5.74, 6) is 0.505. The van der Waals surface area contributed by atoms with Gasteiger partial charge in [-0.25, -0.2) is 0 Å². The molecule has 0 spiro atoms. The van der Waals surface area contributed by atoms with Crippen LogP contribution in [0.5, 0.6) is 0 Å². The normalized spacial score (nSPS) is 20.9. The topological polar surface area (TPSA) is 60.9 Å². The average molecular weight is 281 g/mol.